The Labute approximate surface area is 133 Å². The molecule has 0 aromatic carbocycles. The third-order valence-electron chi connectivity index (χ3n) is 3.03. The van der Waals surface area contributed by atoms with Gasteiger partial charge in [0.25, 0.3) is 11.8 Å². The minimum absolute atomic E-state index is 0.0171. The van der Waals surface area contributed by atoms with Crippen LogP contribution in [0.3, 0.4) is 0 Å². The van der Waals surface area contributed by atoms with E-state index in [0.29, 0.717) is 18.1 Å². The molecule has 9 heteroatoms. The third kappa shape index (κ3) is 6.64. The van der Waals surface area contributed by atoms with Crippen LogP contribution in [0.1, 0.15) is 46.5 Å². The Balaban J connectivity index is 2.20. The van der Waals surface area contributed by atoms with E-state index in [1.54, 1.807) is 0 Å². The molecule has 0 N–H and O–H groups in total. The van der Waals surface area contributed by atoms with Gasteiger partial charge in [0.05, 0.1) is 5.60 Å². The summed E-state index contributed by atoms with van der Waals surface area (Å²) < 4.78 is 14.6. The number of hydroxylamine groups is 2. The van der Waals surface area contributed by atoms with Gasteiger partial charge >= 0.3 is 12.1 Å². The van der Waals surface area contributed by atoms with Crippen molar-refractivity contribution in [2.75, 3.05) is 13.4 Å². The lowest BCUT2D eigenvalue weighted by atomic mass is 10.0. The topological polar surface area (TPSA) is 108 Å². The Kier molecular flexibility index (Phi) is 6.95. The number of amides is 2. The van der Waals surface area contributed by atoms with E-state index in [4.69, 9.17) is 9.47 Å². The molecule has 1 fully saturated rings. The summed E-state index contributed by atoms with van der Waals surface area (Å²) in [7, 11) is 0. The number of imide groups is 1. The van der Waals surface area contributed by atoms with Gasteiger partial charge in [0.15, 0.2) is 0 Å². The third-order valence-corrected chi connectivity index (χ3v) is 3.03. The molecule has 2 amide bonds. The van der Waals surface area contributed by atoms with Crippen molar-refractivity contribution in [1.82, 2.24) is 5.06 Å². The summed E-state index contributed by atoms with van der Waals surface area (Å²) in [6.07, 6.45) is -0.793. The van der Waals surface area contributed by atoms with Gasteiger partial charge in [-0.2, -0.15) is 0 Å². The fraction of sp³-hybridized carbons (Fsp3) is 0.714. The smallest absolute Gasteiger partial charge is 0.428 e. The number of hydrogen-bond acceptors (Lipinski definition) is 8. The Hall–Kier alpha value is -2.16. The molecule has 0 bridgehead atoms. The van der Waals surface area contributed by atoms with Crippen LogP contribution in [-0.4, -0.2) is 48.0 Å². The monoisotopic (exact) mass is 331 g/mol. The number of nitrogens with zero attached hydrogens (tertiary/aromatic N) is 1. The van der Waals surface area contributed by atoms with Gasteiger partial charge in [-0.05, 0) is 27.2 Å². The first-order chi connectivity index (χ1) is 10.7. The Morgan fingerprint density at radius 3 is 2.30 bits per heavy atom. The maximum absolute atomic E-state index is 11.5. The SMILES string of the molecule is CCOC(C)(C)CCC(=O)OCOC(=O)ON1C(=O)CCC1=O. The van der Waals surface area contributed by atoms with Crippen LogP contribution in [0.15, 0.2) is 0 Å². The summed E-state index contributed by atoms with van der Waals surface area (Å²) in [5.41, 5.74) is -0.454. The molecule has 0 radical (unpaired) electrons. The fourth-order valence-electron chi connectivity index (χ4n) is 1.84. The van der Waals surface area contributed by atoms with Gasteiger partial charge in [-0.3, -0.25) is 19.2 Å². The van der Waals surface area contributed by atoms with Crippen LogP contribution in [-0.2, 0) is 33.4 Å². The lowest BCUT2D eigenvalue weighted by Gasteiger charge is -2.23. The fourth-order valence-corrected chi connectivity index (χ4v) is 1.84. The normalized spacial score (nSPS) is 14.8. The number of carbonyl (C=O) groups is 4. The molecule has 1 saturated heterocycles. The average Bonchev–Trinajstić information content (AvgIpc) is 2.77. The first-order valence-electron chi connectivity index (χ1n) is 7.25. The van der Waals surface area contributed by atoms with Crippen LogP contribution in [0.5, 0.6) is 0 Å². The molecule has 0 aromatic rings. The van der Waals surface area contributed by atoms with Gasteiger partial charge < -0.3 is 14.2 Å². The molecule has 9 nitrogen and oxygen atoms in total. The molecule has 0 aromatic heterocycles. The summed E-state index contributed by atoms with van der Waals surface area (Å²) in [6.45, 7) is 5.42. The van der Waals surface area contributed by atoms with Crippen molar-refractivity contribution >= 4 is 23.9 Å². The molecule has 0 atom stereocenters. The molecule has 0 unspecified atom stereocenters. The zero-order valence-corrected chi connectivity index (χ0v) is 13.5. The highest BCUT2D eigenvalue weighted by molar-refractivity contribution is 6.01. The molecule has 1 rings (SSSR count). The highest BCUT2D eigenvalue weighted by Gasteiger charge is 2.33. The molecule has 1 aliphatic heterocycles. The first-order valence-corrected chi connectivity index (χ1v) is 7.25. The molecule has 1 aliphatic rings. The molecule has 23 heavy (non-hydrogen) atoms. The van der Waals surface area contributed by atoms with Crippen molar-refractivity contribution in [3.8, 4) is 0 Å². The van der Waals surface area contributed by atoms with Gasteiger partial charge in [-0.25, -0.2) is 4.79 Å². The number of ether oxygens (including phenoxy) is 3. The van der Waals surface area contributed by atoms with Crippen LogP contribution in [0.4, 0.5) is 4.79 Å². The summed E-state index contributed by atoms with van der Waals surface area (Å²) in [4.78, 5) is 49.6. The number of rotatable bonds is 8. The predicted molar refractivity (Wildman–Crippen MR) is 74.6 cm³/mol. The van der Waals surface area contributed by atoms with Crippen LogP contribution in [0.25, 0.3) is 0 Å². The Bertz CT molecular complexity index is 457. The quantitative estimate of drug-likeness (QED) is 0.372. The minimum atomic E-state index is -1.30. The number of carbonyl (C=O) groups excluding carboxylic acids is 4. The molecular weight excluding hydrogens is 310 g/mol. The molecular formula is C14H21NO8. The van der Waals surface area contributed by atoms with Crippen LogP contribution in [0, 0.1) is 0 Å². The maximum atomic E-state index is 11.5. The Morgan fingerprint density at radius 2 is 1.74 bits per heavy atom. The first kappa shape index (κ1) is 18.9. The van der Waals surface area contributed by atoms with E-state index in [2.05, 4.69) is 9.57 Å². The standard InChI is InChI=1S/C14H21NO8/c1-4-22-14(2,3)8-7-12(18)20-9-21-13(19)23-15-10(16)5-6-11(15)17/h4-9H2,1-3H3. The summed E-state index contributed by atoms with van der Waals surface area (Å²) in [5, 5.41) is 0.342. The van der Waals surface area contributed by atoms with E-state index in [0.717, 1.165) is 0 Å². The minimum Gasteiger partial charge on any atom is -0.428 e. The van der Waals surface area contributed by atoms with Crippen LogP contribution in [0.2, 0.25) is 0 Å². The Morgan fingerprint density at radius 1 is 1.13 bits per heavy atom. The molecule has 1 heterocycles. The highest BCUT2D eigenvalue weighted by atomic mass is 16.9. The number of hydrogen-bond donors (Lipinski definition) is 0. The van der Waals surface area contributed by atoms with E-state index in [1.165, 1.54) is 0 Å². The van der Waals surface area contributed by atoms with E-state index in [1.807, 2.05) is 20.8 Å². The lowest BCUT2D eigenvalue weighted by molar-refractivity contribution is -0.182. The summed E-state index contributed by atoms with van der Waals surface area (Å²) >= 11 is 0. The molecule has 0 saturated carbocycles. The van der Waals surface area contributed by atoms with Crippen molar-refractivity contribution in [2.45, 2.75) is 52.1 Å². The lowest BCUT2D eigenvalue weighted by Crippen LogP contribution is -2.32. The van der Waals surface area contributed by atoms with E-state index in [-0.39, 0.29) is 19.3 Å². The largest absolute Gasteiger partial charge is 0.536 e. The van der Waals surface area contributed by atoms with Crippen molar-refractivity contribution in [2.24, 2.45) is 0 Å². The van der Waals surface area contributed by atoms with E-state index >= 15 is 0 Å². The second kappa shape index (κ2) is 8.47. The van der Waals surface area contributed by atoms with Crippen LogP contribution < -0.4 is 0 Å². The van der Waals surface area contributed by atoms with Gasteiger partial charge in [-0.15, -0.1) is 0 Å². The predicted octanol–water partition coefficient (Wildman–Crippen LogP) is 1.30. The molecule has 0 aliphatic carbocycles. The average molecular weight is 331 g/mol. The summed E-state index contributed by atoms with van der Waals surface area (Å²) in [5.74, 6) is -1.82. The van der Waals surface area contributed by atoms with Gasteiger partial charge in [0.1, 0.15) is 0 Å². The van der Waals surface area contributed by atoms with Gasteiger partial charge in [0, 0.05) is 25.9 Å². The second-order valence-electron chi connectivity index (χ2n) is 5.39. The second-order valence-corrected chi connectivity index (χ2v) is 5.39. The van der Waals surface area contributed by atoms with E-state index < -0.39 is 36.3 Å². The van der Waals surface area contributed by atoms with Crippen molar-refractivity contribution in [1.29, 1.82) is 0 Å². The van der Waals surface area contributed by atoms with Crippen molar-refractivity contribution < 1.29 is 38.2 Å². The van der Waals surface area contributed by atoms with Crippen molar-refractivity contribution in [3.63, 3.8) is 0 Å². The van der Waals surface area contributed by atoms with Crippen LogP contribution >= 0.6 is 0 Å². The summed E-state index contributed by atoms with van der Waals surface area (Å²) in [6, 6.07) is 0. The molecule has 0 spiro atoms. The highest BCUT2D eigenvalue weighted by Crippen LogP contribution is 2.17. The van der Waals surface area contributed by atoms with Gasteiger partial charge in [-0.1, -0.05) is 5.06 Å². The zero-order chi connectivity index (χ0) is 17.5. The van der Waals surface area contributed by atoms with Gasteiger partial charge in [0.2, 0.25) is 6.79 Å². The molecule has 130 valence electrons. The van der Waals surface area contributed by atoms with Crippen molar-refractivity contribution in [3.05, 3.63) is 0 Å². The number of esters is 1. The zero-order valence-electron chi connectivity index (χ0n) is 13.5. The maximum Gasteiger partial charge on any atom is 0.536 e. The van der Waals surface area contributed by atoms with E-state index in [9.17, 15) is 19.2 Å².